The first-order valence-corrected chi connectivity index (χ1v) is 6.68. The van der Waals surface area contributed by atoms with Gasteiger partial charge in [-0.3, -0.25) is 0 Å². The van der Waals surface area contributed by atoms with E-state index in [4.69, 9.17) is 17.3 Å². The summed E-state index contributed by atoms with van der Waals surface area (Å²) in [5.41, 5.74) is 6.96. The van der Waals surface area contributed by atoms with Gasteiger partial charge in [0.2, 0.25) is 0 Å². The summed E-state index contributed by atoms with van der Waals surface area (Å²) >= 11 is 6.09. The minimum absolute atomic E-state index is 0.168. The van der Waals surface area contributed by atoms with Crippen molar-refractivity contribution in [3.63, 3.8) is 0 Å². The van der Waals surface area contributed by atoms with Gasteiger partial charge in [0.25, 0.3) is 0 Å². The summed E-state index contributed by atoms with van der Waals surface area (Å²) in [6.07, 6.45) is 4.29. The Bertz CT molecular complexity index is 348. The largest absolute Gasteiger partial charge is 0.324 e. The van der Waals surface area contributed by atoms with Crippen molar-refractivity contribution in [1.82, 2.24) is 0 Å². The lowest BCUT2D eigenvalue weighted by atomic mass is 9.87. The number of hydrogen-bond donors (Lipinski definition) is 1. The van der Waals surface area contributed by atoms with Crippen molar-refractivity contribution in [2.45, 2.75) is 45.6 Å². The van der Waals surface area contributed by atoms with E-state index >= 15 is 0 Å². The Balaban J connectivity index is 2.91. The summed E-state index contributed by atoms with van der Waals surface area (Å²) < 4.78 is 13.2. The maximum Gasteiger partial charge on any atom is 0.123 e. The topological polar surface area (TPSA) is 26.0 Å². The highest BCUT2D eigenvalue weighted by atomic mass is 35.5. The fourth-order valence-corrected chi connectivity index (χ4v) is 2.51. The fourth-order valence-electron chi connectivity index (χ4n) is 2.27. The number of nitrogens with two attached hydrogens (primary N) is 1. The third kappa shape index (κ3) is 3.97. The van der Waals surface area contributed by atoms with E-state index in [-0.39, 0.29) is 11.9 Å². The standard InChI is InChI=1S/C14H21ClFN/c1-3-5-10(6-4-2)14(17)12-9-11(16)7-8-13(12)15/h7-10,14H,3-6,17H2,1-2H3. The Labute approximate surface area is 108 Å². The SMILES string of the molecule is CCCC(CCC)C(N)c1cc(F)ccc1Cl. The van der Waals surface area contributed by atoms with Crippen molar-refractivity contribution in [3.05, 3.63) is 34.6 Å². The van der Waals surface area contributed by atoms with Gasteiger partial charge in [-0.15, -0.1) is 0 Å². The summed E-state index contributed by atoms with van der Waals surface area (Å²) in [6, 6.07) is 4.25. The summed E-state index contributed by atoms with van der Waals surface area (Å²) in [4.78, 5) is 0. The Morgan fingerprint density at radius 3 is 2.35 bits per heavy atom. The van der Waals surface area contributed by atoms with Crippen molar-refractivity contribution in [3.8, 4) is 0 Å². The van der Waals surface area contributed by atoms with Crippen LogP contribution in [0.25, 0.3) is 0 Å². The Morgan fingerprint density at radius 1 is 1.24 bits per heavy atom. The van der Waals surface area contributed by atoms with Crippen LogP contribution in [0.3, 0.4) is 0 Å². The molecule has 0 saturated heterocycles. The molecule has 17 heavy (non-hydrogen) atoms. The lowest BCUT2D eigenvalue weighted by Crippen LogP contribution is -2.22. The van der Waals surface area contributed by atoms with Crippen molar-refractivity contribution >= 4 is 11.6 Å². The quantitative estimate of drug-likeness (QED) is 0.786. The van der Waals surface area contributed by atoms with Crippen LogP contribution in [0.1, 0.15) is 51.1 Å². The molecule has 0 saturated carbocycles. The predicted octanol–water partition coefficient (Wildman–Crippen LogP) is 4.70. The lowest BCUT2D eigenvalue weighted by molar-refractivity contribution is 0.368. The zero-order chi connectivity index (χ0) is 12.8. The maximum absolute atomic E-state index is 13.2. The first-order chi connectivity index (χ1) is 8.10. The molecule has 0 aliphatic rings. The van der Waals surface area contributed by atoms with Crippen molar-refractivity contribution < 1.29 is 4.39 Å². The maximum atomic E-state index is 13.2. The van der Waals surface area contributed by atoms with E-state index in [2.05, 4.69) is 13.8 Å². The van der Waals surface area contributed by atoms with Gasteiger partial charge >= 0.3 is 0 Å². The minimum Gasteiger partial charge on any atom is -0.324 e. The van der Waals surface area contributed by atoms with E-state index in [0.29, 0.717) is 10.9 Å². The summed E-state index contributed by atoms with van der Waals surface area (Å²) in [5.74, 6) is 0.107. The first-order valence-electron chi connectivity index (χ1n) is 6.30. The second kappa shape index (κ2) is 6.97. The molecular weight excluding hydrogens is 237 g/mol. The van der Waals surface area contributed by atoms with Crippen LogP contribution in [0.4, 0.5) is 4.39 Å². The third-order valence-electron chi connectivity index (χ3n) is 3.14. The van der Waals surface area contributed by atoms with Crippen LogP contribution in [-0.2, 0) is 0 Å². The van der Waals surface area contributed by atoms with E-state index in [1.54, 1.807) is 6.07 Å². The van der Waals surface area contributed by atoms with E-state index < -0.39 is 0 Å². The van der Waals surface area contributed by atoms with Crippen LogP contribution in [-0.4, -0.2) is 0 Å². The number of rotatable bonds is 6. The van der Waals surface area contributed by atoms with Crippen LogP contribution in [0.2, 0.25) is 5.02 Å². The summed E-state index contributed by atoms with van der Waals surface area (Å²) in [5, 5.41) is 0.566. The van der Waals surface area contributed by atoms with Crippen LogP contribution in [0.5, 0.6) is 0 Å². The van der Waals surface area contributed by atoms with E-state index in [1.807, 2.05) is 0 Å². The molecule has 1 atom stereocenters. The Kier molecular flexibility index (Phi) is 5.93. The molecule has 2 N–H and O–H groups in total. The zero-order valence-electron chi connectivity index (χ0n) is 10.5. The molecule has 0 fully saturated rings. The molecule has 1 aromatic rings. The molecule has 1 rings (SSSR count). The van der Waals surface area contributed by atoms with Gasteiger partial charge in [-0.05, 0) is 42.5 Å². The molecule has 0 radical (unpaired) electrons. The molecule has 1 unspecified atom stereocenters. The first kappa shape index (κ1) is 14.5. The highest BCUT2D eigenvalue weighted by Gasteiger charge is 2.20. The van der Waals surface area contributed by atoms with Gasteiger partial charge in [-0.1, -0.05) is 38.3 Å². The number of benzene rings is 1. The molecule has 0 heterocycles. The molecule has 1 aromatic carbocycles. The van der Waals surface area contributed by atoms with Crippen LogP contribution in [0.15, 0.2) is 18.2 Å². The van der Waals surface area contributed by atoms with Gasteiger partial charge in [-0.2, -0.15) is 0 Å². The normalized spacial score (nSPS) is 13.1. The van der Waals surface area contributed by atoms with Gasteiger partial charge in [0.1, 0.15) is 5.82 Å². The molecule has 0 aromatic heterocycles. The van der Waals surface area contributed by atoms with Crippen LogP contribution >= 0.6 is 11.6 Å². The molecule has 0 bridgehead atoms. The van der Waals surface area contributed by atoms with Gasteiger partial charge in [0, 0.05) is 11.1 Å². The van der Waals surface area contributed by atoms with E-state index in [9.17, 15) is 4.39 Å². The lowest BCUT2D eigenvalue weighted by Gasteiger charge is -2.24. The monoisotopic (exact) mass is 257 g/mol. The third-order valence-corrected chi connectivity index (χ3v) is 3.49. The molecule has 96 valence electrons. The predicted molar refractivity (Wildman–Crippen MR) is 71.6 cm³/mol. The second-order valence-electron chi connectivity index (χ2n) is 4.53. The van der Waals surface area contributed by atoms with Crippen molar-refractivity contribution in [1.29, 1.82) is 0 Å². The average molecular weight is 258 g/mol. The summed E-state index contributed by atoms with van der Waals surface area (Å²) in [6.45, 7) is 4.28. The van der Waals surface area contributed by atoms with Gasteiger partial charge in [-0.25, -0.2) is 4.39 Å². The molecule has 0 aliphatic carbocycles. The van der Waals surface area contributed by atoms with Gasteiger partial charge in [0.15, 0.2) is 0 Å². The molecule has 1 nitrogen and oxygen atoms in total. The minimum atomic E-state index is -0.272. The zero-order valence-corrected chi connectivity index (χ0v) is 11.3. The highest BCUT2D eigenvalue weighted by Crippen LogP contribution is 2.32. The van der Waals surface area contributed by atoms with Gasteiger partial charge in [0.05, 0.1) is 0 Å². The smallest absolute Gasteiger partial charge is 0.123 e. The van der Waals surface area contributed by atoms with E-state index in [1.165, 1.54) is 12.1 Å². The number of hydrogen-bond acceptors (Lipinski definition) is 1. The molecule has 0 aliphatic heterocycles. The van der Waals surface area contributed by atoms with Gasteiger partial charge < -0.3 is 5.73 Å². The highest BCUT2D eigenvalue weighted by molar-refractivity contribution is 6.31. The average Bonchev–Trinajstić information content (AvgIpc) is 2.31. The molecular formula is C14H21ClFN. The number of halogens is 2. The fraction of sp³-hybridized carbons (Fsp3) is 0.571. The second-order valence-corrected chi connectivity index (χ2v) is 4.94. The van der Waals surface area contributed by atoms with Crippen molar-refractivity contribution in [2.75, 3.05) is 0 Å². The Hall–Kier alpha value is -0.600. The van der Waals surface area contributed by atoms with E-state index in [0.717, 1.165) is 31.2 Å². The molecule has 0 spiro atoms. The van der Waals surface area contributed by atoms with Crippen LogP contribution < -0.4 is 5.73 Å². The van der Waals surface area contributed by atoms with Crippen LogP contribution in [0, 0.1) is 11.7 Å². The molecule has 3 heteroatoms. The van der Waals surface area contributed by atoms with Crippen molar-refractivity contribution in [2.24, 2.45) is 11.7 Å². The molecule has 0 amide bonds. The Morgan fingerprint density at radius 2 is 1.82 bits per heavy atom. The summed E-state index contributed by atoms with van der Waals surface area (Å²) in [7, 11) is 0.